The van der Waals surface area contributed by atoms with Crippen LogP contribution in [-0.4, -0.2) is 19.6 Å². The Morgan fingerprint density at radius 3 is 3.20 bits per heavy atom. The van der Waals surface area contributed by atoms with Gasteiger partial charge in [0, 0.05) is 12.4 Å². The first kappa shape index (κ1) is 5.61. The Morgan fingerprint density at radius 1 is 1.50 bits per heavy atom. The van der Waals surface area contributed by atoms with E-state index >= 15 is 0 Å². The summed E-state index contributed by atoms with van der Waals surface area (Å²) in [5.41, 5.74) is 0.660. The quantitative estimate of drug-likeness (QED) is 0.563. The molecule has 0 aliphatic rings. The van der Waals surface area contributed by atoms with Crippen LogP contribution in [0.4, 0.5) is 0 Å². The average Bonchev–Trinajstić information content (AvgIpc) is 2.27. The summed E-state index contributed by atoms with van der Waals surface area (Å²) in [6, 6.07) is 0. The first-order valence-electron chi connectivity index (χ1n) is 2.68. The van der Waals surface area contributed by atoms with E-state index in [1.807, 2.05) is 0 Å². The van der Waals surface area contributed by atoms with E-state index in [0.29, 0.717) is 5.65 Å². The van der Waals surface area contributed by atoms with Crippen molar-refractivity contribution in [3.05, 3.63) is 23.9 Å². The SMILES string of the molecule is Clc1nc2cnccn2n1. The smallest absolute Gasteiger partial charge is 0.243 e. The number of aromatic nitrogens is 4. The van der Waals surface area contributed by atoms with Crippen LogP contribution in [0.5, 0.6) is 0 Å². The van der Waals surface area contributed by atoms with Crippen molar-refractivity contribution in [1.29, 1.82) is 0 Å². The molecule has 0 aromatic carbocycles. The zero-order chi connectivity index (χ0) is 6.97. The molecule has 50 valence electrons. The molecule has 0 N–H and O–H groups in total. The van der Waals surface area contributed by atoms with Crippen LogP contribution in [0.3, 0.4) is 0 Å². The number of nitrogens with zero attached hydrogens (tertiary/aromatic N) is 4. The molecule has 2 aromatic heterocycles. The predicted molar refractivity (Wildman–Crippen MR) is 35.8 cm³/mol. The minimum atomic E-state index is 0.244. The first-order valence-corrected chi connectivity index (χ1v) is 3.06. The Kier molecular flexibility index (Phi) is 1.07. The third kappa shape index (κ3) is 0.733. The summed E-state index contributed by atoms with van der Waals surface area (Å²) in [6.45, 7) is 0. The van der Waals surface area contributed by atoms with Gasteiger partial charge in [-0.2, -0.15) is 4.98 Å². The summed E-state index contributed by atoms with van der Waals surface area (Å²) in [4.78, 5) is 7.71. The summed E-state index contributed by atoms with van der Waals surface area (Å²) in [7, 11) is 0. The molecule has 5 heteroatoms. The van der Waals surface area contributed by atoms with E-state index in [1.54, 1.807) is 23.1 Å². The molecule has 0 fully saturated rings. The number of fused-ring (bicyclic) bond motifs is 1. The molecular formula is C5H3ClN4. The highest BCUT2D eigenvalue weighted by Crippen LogP contribution is 2.02. The van der Waals surface area contributed by atoms with Crippen molar-refractivity contribution in [3.63, 3.8) is 0 Å². The average molecular weight is 155 g/mol. The standard InChI is InChI=1S/C5H3ClN4/c6-5-8-4-3-7-1-2-10(4)9-5/h1-3H. The molecule has 0 saturated heterocycles. The molecule has 0 saturated carbocycles. The zero-order valence-electron chi connectivity index (χ0n) is 4.90. The van der Waals surface area contributed by atoms with Crippen LogP contribution in [0.25, 0.3) is 5.65 Å². The summed E-state index contributed by atoms with van der Waals surface area (Å²) in [5.74, 6) is 0. The molecule has 0 aliphatic carbocycles. The fourth-order valence-electron chi connectivity index (χ4n) is 0.717. The van der Waals surface area contributed by atoms with Crippen molar-refractivity contribution in [2.45, 2.75) is 0 Å². The summed E-state index contributed by atoms with van der Waals surface area (Å²) >= 11 is 5.51. The van der Waals surface area contributed by atoms with Crippen LogP contribution >= 0.6 is 11.6 Å². The van der Waals surface area contributed by atoms with Crippen molar-refractivity contribution in [2.24, 2.45) is 0 Å². The van der Waals surface area contributed by atoms with E-state index in [4.69, 9.17) is 11.6 Å². The highest BCUT2D eigenvalue weighted by Gasteiger charge is 1.96. The number of halogens is 1. The van der Waals surface area contributed by atoms with Gasteiger partial charge >= 0.3 is 0 Å². The second-order valence-electron chi connectivity index (χ2n) is 1.76. The van der Waals surface area contributed by atoms with Crippen molar-refractivity contribution in [1.82, 2.24) is 19.6 Å². The van der Waals surface area contributed by atoms with Crippen LogP contribution in [0.2, 0.25) is 5.28 Å². The van der Waals surface area contributed by atoms with Crippen molar-refractivity contribution in [3.8, 4) is 0 Å². The maximum atomic E-state index is 5.51. The molecule has 2 heterocycles. The first-order chi connectivity index (χ1) is 4.86. The van der Waals surface area contributed by atoms with Gasteiger partial charge in [0.2, 0.25) is 5.28 Å². The van der Waals surface area contributed by atoms with Crippen LogP contribution < -0.4 is 0 Å². The van der Waals surface area contributed by atoms with Gasteiger partial charge in [0.1, 0.15) is 0 Å². The van der Waals surface area contributed by atoms with E-state index in [1.165, 1.54) is 0 Å². The Hall–Kier alpha value is -1.16. The van der Waals surface area contributed by atoms with E-state index < -0.39 is 0 Å². The molecule has 4 nitrogen and oxygen atoms in total. The predicted octanol–water partition coefficient (Wildman–Crippen LogP) is 0.778. The fraction of sp³-hybridized carbons (Fsp3) is 0. The molecule has 2 rings (SSSR count). The molecule has 0 spiro atoms. The lowest BCUT2D eigenvalue weighted by Gasteiger charge is -1.83. The van der Waals surface area contributed by atoms with Gasteiger partial charge in [-0.3, -0.25) is 4.98 Å². The van der Waals surface area contributed by atoms with E-state index in [9.17, 15) is 0 Å². The molecule has 0 amide bonds. The molecule has 0 bridgehead atoms. The summed E-state index contributed by atoms with van der Waals surface area (Å²) < 4.78 is 1.56. The van der Waals surface area contributed by atoms with Crippen LogP contribution in [0.1, 0.15) is 0 Å². The number of hydrogen-bond acceptors (Lipinski definition) is 3. The van der Waals surface area contributed by atoms with Gasteiger partial charge in [-0.15, -0.1) is 5.10 Å². The van der Waals surface area contributed by atoms with Gasteiger partial charge in [0.05, 0.1) is 6.20 Å². The van der Waals surface area contributed by atoms with E-state index in [0.717, 1.165) is 0 Å². The Bertz CT molecular complexity index is 322. The lowest BCUT2D eigenvalue weighted by molar-refractivity contribution is 0.946. The van der Waals surface area contributed by atoms with Crippen molar-refractivity contribution < 1.29 is 0 Å². The van der Waals surface area contributed by atoms with E-state index in [2.05, 4.69) is 15.1 Å². The number of rotatable bonds is 0. The number of hydrogen-bond donors (Lipinski definition) is 0. The van der Waals surface area contributed by atoms with E-state index in [-0.39, 0.29) is 5.28 Å². The lowest BCUT2D eigenvalue weighted by atomic mass is 10.7. The minimum absolute atomic E-state index is 0.244. The molecule has 0 atom stereocenters. The largest absolute Gasteiger partial charge is 0.259 e. The second kappa shape index (κ2) is 1.91. The van der Waals surface area contributed by atoms with Crippen molar-refractivity contribution >= 4 is 17.2 Å². The van der Waals surface area contributed by atoms with Crippen molar-refractivity contribution in [2.75, 3.05) is 0 Å². The van der Waals surface area contributed by atoms with Gasteiger partial charge in [-0.1, -0.05) is 0 Å². The topological polar surface area (TPSA) is 43.1 Å². The normalized spacial score (nSPS) is 10.5. The maximum absolute atomic E-state index is 5.51. The zero-order valence-corrected chi connectivity index (χ0v) is 5.65. The highest BCUT2D eigenvalue weighted by molar-refractivity contribution is 6.28. The van der Waals surface area contributed by atoms with Gasteiger partial charge < -0.3 is 0 Å². The van der Waals surface area contributed by atoms with Gasteiger partial charge in [0.15, 0.2) is 5.65 Å². The Morgan fingerprint density at radius 2 is 2.40 bits per heavy atom. The summed E-state index contributed by atoms with van der Waals surface area (Å²) in [6.07, 6.45) is 4.91. The molecule has 2 aromatic rings. The summed E-state index contributed by atoms with van der Waals surface area (Å²) in [5, 5.41) is 4.09. The molecule has 0 radical (unpaired) electrons. The molecule has 0 unspecified atom stereocenters. The molecular weight excluding hydrogens is 152 g/mol. The third-order valence-electron chi connectivity index (χ3n) is 1.12. The van der Waals surface area contributed by atoms with Gasteiger partial charge in [-0.25, -0.2) is 4.52 Å². The minimum Gasteiger partial charge on any atom is -0.259 e. The van der Waals surface area contributed by atoms with Crippen LogP contribution in [0, 0.1) is 0 Å². The fourth-order valence-corrected chi connectivity index (χ4v) is 0.885. The van der Waals surface area contributed by atoms with Gasteiger partial charge in [0.25, 0.3) is 0 Å². The second-order valence-corrected chi connectivity index (χ2v) is 2.10. The highest BCUT2D eigenvalue weighted by atomic mass is 35.5. The monoisotopic (exact) mass is 154 g/mol. The third-order valence-corrected chi connectivity index (χ3v) is 1.28. The lowest BCUT2D eigenvalue weighted by Crippen LogP contribution is -1.85. The van der Waals surface area contributed by atoms with Gasteiger partial charge in [-0.05, 0) is 11.6 Å². The Labute approximate surface area is 61.5 Å². The molecule has 0 aliphatic heterocycles. The maximum Gasteiger partial charge on any atom is 0.243 e. The van der Waals surface area contributed by atoms with Crippen LogP contribution in [-0.2, 0) is 0 Å². The van der Waals surface area contributed by atoms with Crippen LogP contribution in [0.15, 0.2) is 18.6 Å². The molecule has 10 heavy (non-hydrogen) atoms. The Balaban J connectivity index is 2.88.